The van der Waals surface area contributed by atoms with Gasteiger partial charge < -0.3 is 5.73 Å². The van der Waals surface area contributed by atoms with Crippen LogP contribution in [0.2, 0.25) is 0 Å². The van der Waals surface area contributed by atoms with Gasteiger partial charge in [-0.1, -0.05) is 27.2 Å². The lowest BCUT2D eigenvalue weighted by atomic mass is 9.67. The minimum absolute atomic E-state index is 0.301. The molecule has 1 fully saturated rings. The third-order valence-corrected chi connectivity index (χ3v) is 5.64. The predicted octanol–water partition coefficient (Wildman–Crippen LogP) is 2.78. The third-order valence-electron chi connectivity index (χ3n) is 5.64. The van der Waals surface area contributed by atoms with Crippen LogP contribution >= 0.6 is 0 Å². The minimum Gasteiger partial charge on any atom is -0.326 e. The maximum atomic E-state index is 6.42. The quantitative estimate of drug-likeness (QED) is 0.908. The summed E-state index contributed by atoms with van der Waals surface area (Å²) in [6, 6.07) is 0.783. The second-order valence-corrected chi connectivity index (χ2v) is 7.52. The van der Waals surface area contributed by atoms with Crippen molar-refractivity contribution in [3.8, 4) is 0 Å². The largest absolute Gasteiger partial charge is 0.326 e. The fourth-order valence-electron chi connectivity index (χ4n) is 3.63. The zero-order valence-electron chi connectivity index (χ0n) is 14.3. The van der Waals surface area contributed by atoms with E-state index in [9.17, 15) is 0 Å². The number of hydrogen-bond donors (Lipinski definition) is 1. The summed E-state index contributed by atoms with van der Waals surface area (Å²) in [5, 5.41) is 4.26. The van der Waals surface area contributed by atoms with Crippen LogP contribution in [-0.4, -0.2) is 33.8 Å². The monoisotopic (exact) mass is 292 g/mol. The molecular weight excluding hydrogens is 260 g/mol. The van der Waals surface area contributed by atoms with Crippen LogP contribution in [0.4, 0.5) is 0 Å². The lowest BCUT2D eigenvalue weighted by molar-refractivity contribution is 0.0697. The summed E-state index contributed by atoms with van der Waals surface area (Å²) in [6.07, 6.45) is 8.94. The highest BCUT2D eigenvalue weighted by atomic mass is 15.2. The zero-order valence-corrected chi connectivity index (χ0v) is 14.3. The highest BCUT2D eigenvalue weighted by Gasteiger charge is 2.37. The Balaban J connectivity index is 2.02. The van der Waals surface area contributed by atoms with Crippen molar-refractivity contribution < 1.29 is 0 Å². The molecule has 0 saturated heterocycles. The van der Waals surface area contributed by atoms with Crippen LogP contribution < -0.4 is 5.73 Å². The van der Waals surface area contributed by atoms with Crippen LogP contribution in [0.1, 0.15) is 52.0 Å². The summed E-state index contributed by atoms with van der Waals surface area (Å²) in [5.74, 6) is 0.781. The van der Waals surface area contributed by atoms with E-state index in [-0.39, 0.29) is 0 Å². The molecule has 21 heavy (non-hydrogen) atoms. The van der Waals surface area contributed by atoms with E-state index >= 15 is 0 Å². The van der Waals surface area contributed by atoms with E-state index < -0.39 is 0 Å². The van der Waals surface area contributed by atoms with Crippen LogP contribution in [0.15, 0.2) is 12.4 Å². The van der Waals surface area contributed by atoms with Gasteiger partial charge in [0, 0.05) is 37.4 Å². The number of rotatable bonds is 5. The smallest absolute Gasteiger partial charge is 0.0534 e. The van der Waals surface area contributed by atoms with Gasteiger partial charge in [0.1, 0.15) is 0 Å². The molecule has 0 spiro atoms. The summed E-state index contributed by atoms with van der Waals surface area (Å²) in [6.45, 7) is 8.06. The number of aromatic nitrogens is 2. The molecule has 0 radical (unpaired) electrons. The summed E-state index contributed by atoms with van der Waals surface area (Å²) >= 11 is 0. The van der Waals surface area contributed by atoms with Gasteiger partial charge in [0.05, 0.1) is 6.20 Å². The van der Waals surface area contributed by atoms with Crippen molar-refractivity contribution in [2.24, 2.45) is 24.1 Å². The molecule has 1 saturated carbocycles. The van der Waals surface area contributed by atoms with E-state index in [0.29, 0.717) is 17.5 Å². The van der Waals surface area contributed by atoms with Crippen molar-refractivity contribution in [2.45, 2.75) is 65.1 Å². The first-order chi connectivity index (χ1) is 9.83. The molecule has 1 heterocycles. The molecule has 2 N–H and O–H groups in total. The topological polar surface area (TPSA) is 47.1 Å². The van der Waals surface area contributed by atoms with E-state index in [1.807, 2.05) is 17.9 Å². The van der Waals surface area contributed by atoms with Gasteiger partial charge in [-0.05, 0) is 37.6 Å². The Bertz CT molecular complexity index is 451. The van der Waals surface area contributed by atoms with Gasteiger partial charge in [-0.2, -0.15) is 5.10 Å². The van der Waals surface area contributed by atoms with Crippen molar-refractivity contribution in [3.63, 3.8) is 0 Å². The summed E-state index contributed by atoms with van der Waals surface area (Å²) in [5.41, 5.74) is 8.12. The summed E-state index contributed by atoms with van der Waals surface area (Å²) in [7, 11) is 4.18. The predicted molar refractivity (Wildman–Crippen MR) is 87.9 cm³/mol. The molecule has 1 aromatic heterocycles. The molecule has 4 heteroatoms. The highest BCUT2D eigenvalue weighted by Crippen LogP contribution is 2.41. The third kappa shape index (κ3) is 3.86. The second kappa shape index (κ2) is 6.49. The first-order valence-corrected chi connectivity index (χ1v) is 8.27. The molecule has 4 nitrogen and oxygen atoms in total. The van der Waals surface area contributed by atoms with Crippen molar-refractivity contribution in [2.75, 3.05) is 7.05 Å². The van der Waals surface area contributed by atoms with Crippen molar-refractivity contribution in [3.05, 3.63) is 18.0 Å². The molecule has 0 amide bonds. The molecule has 0 aliphatic heterocycles. The molecule has 0 aromatic carbocycles. The van der Waals surface area contributed by atoms with Crippen LogP contribution in [-0.2, 0) is 13.6 Å². The van der Waals surface area contributed by atoms with Crippen LogP contribution in [0.25, 0.3) is 0 Å². The Morgan fingerprint density at radius 1 is 1.43 bits per heavy atom. The highest BCUT2D eigenvalue weighted by molar-refractivity contribution is 5.04. The van der Waals surface area contributed by atoms with Crippen LogP contribution in [0.5, 0.6) is 0 Å². The summed E-state index contributed by atoms with van der Waals surface area (Å²) in [4.78, 5) is 2.43. The van der Waals surface area contributed by atoms with Gasteiger partial charge in [0.2, 0.25) is 0 Å². The van der Waals surface area contributed by atoms with E-state index in [0.717, 1.165) is 18.9 Å². The Hall–Kier alpha value is -0.870. The normalized spacial score (nSPS) is 27.3. The van der Waals surface area contributed by atoms with E-state index in [2.05, 4.69) is 44.0 Å². The average Bonchev–Trinajstić information content (AvgIpc) is 2.84. The lowest BCUT2D eigenvalue weighted by Gasteiger charge is -2.45. The van der Waals surface area contributed by atoms with Crippen molar-refractivity contribution in [1.82, 2.24) is 14.7 Å². The molecule has 1 aliphatic carbocycles. The molecular formula is C17H32N4. The number of nitrogens with two attached hydrogens (primary N) is 1. The Labute approximate surface area is 129 Å². The van der Waals surface area contributed by atoms with Crippen LogP contribution in [0, 0.1) is 11.3 Å². The first-order valence-electron chi connectivity index (χ1n) is 8.27. The van der Waals surface area contributed by atoms with E-state index in [1.54, 1.807) is 0 Å². The SMILES string of the molecule is CCC(C)(C)C1CCC(N)C(N(C)Cc2cnn(C)c2)C1. The van der Waals surface area contributed by atoms with E-state index in [4.69, 9.17) is 5.73 Å². The van der Waals surface area contributed by atoms with Crippen LogP contribution in [0.3, 0.4) is 0 Å². The summed E-state index contributed by atoms with van der Waals surface area (Å²) < 4.78 is 1.87. The number of hydrogen-bond acceptors (Lipinski definition) is 3. The molecule has 1 aliphatic rings. The second-order valence-electron chi connectivity index (χ2n) is 7.52. The lowest BCUT2D eigenvalue weighted by Crippen LogP contribution is -2.51. The Kier molecular flexibility index (Phi) is 5.10. The zero-order chi connectivity index (χ0) is 15.6. The van der Waals surface area contributed by atoms with Gasteiger partial charge in [-0.15, -0.1) is 0 Å². The molecule has 3 atom stereocenters. The van der Waals surface area contributed by atoms with Gasteiger partial charge in [-0.25, -0.2) is 0 Å². The molecule has 0 bridgehead atoms. The Morgan fingerprint density at radius 3 is 2.71 bits per heavy atom. The fraction of sp³-hybridized carbons (Fsp3) is 0.824. The van der Waals surface area contributed by atoms with Gasteiger partial charge in [0.25, 0.3) is 0 Å². The van der Waals surface area contributed by atoms with Crippen molar-refractivity contribution >= 4 is 0 Å². The number of likely N-dealkylation sites (N-methyl/N-ethyl adjacent to an activating group) is 1. The fourth-order valence-corrected chi connectivity index (χ4v) is 3.63. The number of nitrogens with zero attached hydrogens (tertiary/aromatic N) is 3. The van der Waals surface area contributed by atoms with Gasteiger partial charge in [-0.3, -0.25) is 9.58 Å². The number of aryl methyl sites for hydroxylation is 1. The maximum absolute atomic E-state index is 6.42. The maximum Gasteiger partial charge on any atom is 0.0534 e. The minimum atomic E-state index is 0.301. The molecule has 2 rings (SSSR count). The van der Waals surface area contributed by atoms with Crippen molar-refractivity contribution in [1.29, 1.82) is 0 Å². The molecule has 3 unspecified atom stereocenters. The molecule has 120 valence electrons. The molecule has 1 aromatic rings. The first kappa shape index (κ1) is 16.5. The average molecular weight is 292 g/mol. The standard InChI is InChI=1S/C17H32N4/c1-6-17(2,3)14-7-8-15(18)16(9-14)20(4)11-13-10-19-21(5)12-13/h10,12,14-16H,6-9,11,18H2,1-5H3. The Morgan fingerprint density at radius 2 is 2.14 bits per heavy atom. The van der Waals surface area contributed by atoms with Gasteiger partial charge in [0.15, 0.2) is 0 Å². The van der Waals surface area contributed by atoms with E-state index in [1.165, 1.54) is 24.8 Å². The van der Waals surface area contributed by atoms with Gasteiger partial charge >= 0.3 is 0 Å².